The summed E-state index contributed by atoms with van der Waals surface area (Å²) in [6.07, 6.45) is 1.01. The van der Waals surface area contributed by atoms with E-state index in [1.807, 2.05) is 18.2 Å². The Balaban J connectivity index is 1.67. The molecule has 1 atom stereocenters. The molecule has 1 unspecified atom stereocenters. The molecule has 0 bridgehead atoms. The third-order valence-electron chi connectivity index (χ3n) is 4.79. The number of guanidine groups is 1. The van der Waals surface area contributed by atoms with Crippen molar-refractivity contribution in [2.45, 2.75) is 32.7 Å². The number of aryl methyl sites for hydroxylation is 1. The van der Waals surface area contributed by atoms with E-state index in [4.69, 9.17) is 14.5 Å². The van der Waals surface area contributed by atoms with Crippen molar-refractivity contribution in [1.82, 2.24) is 10.6 Å². The van der Waals surface area contributed by atoms with Crippen LogP contribution in [-0.4, -0.2) is 32.8 Å². The van der Waals surface area contributed by atoms with Crippen LogP contribution in [0.5, 0.6) is 11.5 Å². The summed E-state index contributed by atoms with van der Waals surface area (Å²) in [6, 6.07) is 14.5. The molecular formula is C22H29N3O2. The van der Waals surface area contributed by atoms with Crippen molar-refractivity contribution in [2.75, 3.05) is 26.8 Å². The molecular weight excluding hydrogens is 338 g/mol. The van der Waals surface area contributed by atoms with Gasteiger partial charge in [-0.05, 0) is 43.5 Å². The lowest BCUT2D eigenvalue weighted by Gasteiger charge is -2.26. The summed E-state index contributed by atoms with van der Waals surface area (Å²) in [4.78, 5) is 4.75. The second-order valence-electron chi connectivity index (χ2n) is 6.76. The molecule has 2 aromatic rings. The molecule has 0 fully saturated rings. The van der Waals surface area contributed by atoms with Crippen molar-refractivity contribution in [3.63, 3.8) is 0 Å². The van der Waals surface area contributed by atoms with Gasteiger partial charge in [-0.3, -0.25) is 0 Å². The molecule has 2 N–H and O–H groups in total. The molecule has 1 aliphatic rings. The lowest BCUT2D eigenvalue weighted by molar-refractivity contribution is 0.267. The van der Waals surface area contributed by atoms with E-state index in [0.717, 1.165) is 49.1 Å². The Morgan fingerprint density at radius 2 is 2.07 bits per heavy atom. The van der Waals surface area contributed by atoms with Gasteiger partial charge in [0.05, 0.1) is 20.3 Å². The van der Waals surface area contributed by atoms with E-state index in [2.05, 4.69) is 48.7 Å². The second kappa shape index (κ2) is 9.31. The minimum atomic E-state index is 0.424. The van der Waals surface area contributed by atoms with Crippen LogP contribution in [0.4, 0.5) is 0 Å². The van der Waals surface area contributed by atoms with Gasteiger partial charge in [-0.15, -0.1) is 0 Å². The van der Waals surface area contributed by atoms with Crippen molar-refractivity contribution in [1.29, 1.82) is 0 Å². The lowest BCUT2D eigenvalue weighted by atomic mass is 9.93. The van der Waals surface area contributed by atoms with Gasteiger partial charge in [-0.25, -0.2) is 4.99 Å². The molecule has 1 heterocycles. The summed E-state index contributed by atoms with van der Waals surface area (Å²) in [5.41, 5.74) is 3.53. The molecule has 0 saturated heterocycles. The van der Waals surface area contributed by atoms with Crippen LogP contribution in [0.3, 0.4) is 0 Å². The normalized spacial score (nSPS) is 16.3. The highest BCUT2D eigenvalue weighted by atomic mass is 16.5. The maximum atomic E-state index is 5.76. The smallest absolute Gasteiger partial charge is 0.191 e. The molecule has 2 aromatic carbocycles. The van der Waals surface area contributed by atoms with E-state index in [9.17, 15) is 0 Å². The van der Waals surface area contributed by atoms with Crippen LogP contribution in [-0.2, 0) is 6.54 Å². The first kappa shape index (κ1) is 19.1. The van der Waals surface area contributed by atoms with E-state index in [1.165, 1.54) is 11.1 Å². The topological polar surface area (TPSA) is 54.9 Å². The van der Waals surface area contributed by atoms with Crippen LogP contribution in [0.25, 0.3) is 0 Å². The predicted molar refractivity (Wildman–Crippen MR) is 110 cm³/mol. The third kappa shape index (κ3) is 4.94. The number of para-hydroxylation sites is 1. The average molecular weight is 367 g/mol. The monoisotopic (exact) mass is 367 g/mol. The van der Waals surface area contributed by atoms with Crippen molar-refractivity contribution in [3.8, 4) is 11.5 Å². The van der Waals surface area contributed by atoms with E-state index in [0.29, 0.717) is 12.5 Å². The van der Waals surface area contributed by atoms with E-state index in [1.54, 1.807) is 7.11 Å². The maximum Gasteiger partial charge on any atom is 0.191 e. The average Bonchev–Trinajstić information content (AvgIpc) is 2.70. The predicted octanol–water partition coefficient (Wildman–Crippen LogP) is 3.63. The summed E-state index contributed by atoms with van der Waals surface area (Å²) in [5.74, 6) is 3.13. The summed E-state index contributed by atoms with van der Waals surface area (Å²) in [7, 11) is 1.70. The molecule has 0 amide bonds. The van der Waals surface area contributed by atoms with Crippen molar-refractivity contribution >= 4 is 5.96 Å². The first-order chi connectivity index (χ1) is 13.2. The highest BCUT2D eigenvalue weighted by Gasteiger charge is 2.21. The third-order valence-corrected chi connectivity index (χ3v) is 4.79. The molecule has 0 aliphatic carbocycles. The van der Waals surface area contributed by atoms with Gasteiger partial charge in [0.2, 0.25) is 0 Å². The van der Waals surface area contributed by atoms with Crippen LogP contribution in [0.15, 0.2) is 47.5 Å². The first-order valence-electron chi connectivity index (χ1n) is 9.58. The van der Waals surface area contributed by atoms with Crippen molar-refractivity contribution in [3.05, 3.63) is 59.2 Å². The number of aliphatic imine (C=N–C) groups is 1. The largest absolute Gasteiger partial charge is 0.496 e. The van der Waals surface area contributed by atoms with E-state index < -0.39 is 0 Å². The highest BCUT2D eigenvalue weighted by Crippen LogP contribution is 2.32. The maximum absolute atomic E-state index is 5.76. The van der Waals surface area contributed by atoms with E-state index >= 15 is 0 Å². The first-order valence-corrected chi connectivity index (χ1v) is 9.58. The zero-order chi connectivity index (χ0) is 19.1. The van der Waals surface area contributed by atoms with E-state index in [-0.39, 0.29) is 0 Å². The molecule has 0 spiro atoms. The Hall–Kier alpha value is -2.69. The number of nitrogens with one attached hydrogen (secondary N) is 2. The zero-order valence-electron chi connectivity index (χ0n) is 16.4. The Labute approximate surface area is 161 Å². The second-order valence-corrected chi connectivity index (χ2v) is 6.76. The molecule has 0 saturated carbocycles. The Morgan fingerprint density at radius 1 is 1.22 bits per heavy atom. The van der Waals surface area contributed by atoms with Gasteiger partial charge in [0.1, 0.15) is 11.5 Å². The molecule has 1 aliphatic heterocycles. The molecule has 27 heavy (non-hydrogen) atoms. The van der Waals surface area contributed by atoms with Gasteiger partial charge in [0.25, 0.3) is 0 Å². The van der Waals surface area contributed by atoms with Crippen LogP contribution in [0, 0.1) is 6.92 Å². The number of methoxy groups -OCH3 is 1. The number of hydrogen-bond donors (Lipinski definition) is 2. The van der Waals surface area contributed by atoms with Crippen LogP contribution < -0.4 is 20.1 Å². The fraction of sp³-hybridized carbons (Fsp3) is 0.409. The number of nitrogens with zero attached hydrogens (tertiary/aromatic N) is 1. The molecule has 0 aromatic heterocycles. The number of fused-ring (bicyclic) bond motifs is 1. The molecule has 3 rings (SSSR count). The number of ether oxygens (including phenoxy) is 2. The molecule has 5 nitrogen and oxygen atoms in total. The van der Waals surface area contributed by atoms with Crippen LogP contribution in [0.2, 0.25) is 0 Å². The Morgan fingerprint density at radius 3 is 2.89 bits per heavy atom. The summed E-state index contributed by atoms with van der Waals surface area (Å²) in [5, 5.41) is 6.82. The number of benzene rings is 2. The lowest BCUT2D eigenvalue weighted by Crippen LogP contribution is -2.40. The number of rotatable bonds is 6. The SMILES string of the molecule is CCNC(=NCc1ccc(C)cc1OC)NCC1CCOc2ccccc21. The summed E-state index contributed by atoms with van der Waals surface area (Å²) in [6.45, 7) is 7.12. The number of hydrogen-bond acceptors (Lipinski definition) is 3. The minimum absolute atomic E-state index is 0.424. The van der Waals surface area contributed by atoms with Gasteiger partial charge < -0.3 is 20.1 Å². The van der Waals surface area contributed by atoms with Gasteiger partial charge >= 0.3 is 0 Å². The van der Waals surface area contributed by atoms with Crippen LogP contribution in [0.1, 0.15) is 36.0 Å². The van der Waals surface area contributed by atoms with Crippen molar-refractivity contribution < 1.29 is 9.47 Å². The summed E-state index contributed by atoms with van der Waals surface area (Å²) >= 11 is 0. The van der Waals surface area contributed by atoms with Crippen molar-refractivity contribution in [2.24, 2.45) is 4.99 Å². The van der Waals surface area contributed by atoms with Gasteiger partial charge in [0.15, 0.2) is 5.96 Å². The molecule has 5 heteroatoms. The summed E-state index contributed by atoms with van der Waals surface area (Å²) < 4.78 is 11.2. The Bertz CT molecular complexity index is 789. The Kier molecular flexibility index (Phi) is 6.58. The highest BCUT2D eigenvalue weighted by molar-refractivity contribution is 5.79. The minimum Gasteiger partial charge on any atom is -0.496 e. The van der Waals surface area contributed by atoms with Crippen LogP contribution >= 0.6 is 0 Å². The molecule has 0 radical (unpaired) electrons. The standard InChI is InChI=1S/C22H29N3O2/c1-4-23-22(25-15-18-10-9-16(2)13-21(18)26-3)24-14-17-11-12-27-20-8-6-5-7-19(17)20/h5-10,13,17H,4,11-12,14-15H2,1-3H3,(H2,23,24,25). The van der Waals surface area contributed by atoms with Gasteiger partial charge in [0, 0.05) is 24.6 Å². The zero-order valence-corrected chi connectivity index (χ0v) is 16.4. The quantitative estimate of drug-likeness (QED) is 0.605. The fourth-order valence-corrected chi connectivity index (χ4v) is 3.34. The molecule has 144 valence electrons. The van der Waals surface area contributed by atoms with Gasteiger partial charge in [-0.2, -0.15) is 0 Å². The van der Waals surface area contributed by atoms with Gasteiger partial charge in [-0.1, -0.05) is 30.3 Å². The fourth-order valence-electron chi connectivity index (χ4n) is 3.34.